The van der Waals surface area contributed by atoms with Crippen molar-refractivity contribution in [2.24, 2.45) is 5.73 Å². The van der Waals surface area contributed by atoms with Crippen molar-refractivity contribution in [3.63, 3.8) is 0 Å². The lowest BCUT2D eigenvalue weighted by molar-refractivity contribution is -0.175. The maximum atomic E-state index is 14.4. The van der Waals surface area contributed by atoms with Gasteiger partial charge in [-0.3, -0.25) is 24.0 Å². The third kappa shape index (κ3) is 16.7. The zero-order chi connectivity index (χ0) is 67.5. The topological polar surface area (TPSA) is 412 Å². The molecular weight excluding hydrogens is 1260 g/mol. The summed E-state index contributed by atoms with van der Waals surface area (Å²) in [7, 11) is -7.15. The summed E-state index contributed by atoms with van der Waals surface area (Å²) in [5.74, 6) is -3.16. The molecule has 0 saturated carbocycles. The monoisotopic (exact) mass is 1340 g/mol. The summed E-state index contributed by atoms with van der Waals surface area (Å²) in [6.45, 7) is 6.53. The number of anilines is 1. The molecule has 7 heterocycles. The van der Waals surface area contributed by atoms with Crippen molar-refractivity contribution in [1.29, 1.82) is 0 Å². The smallest absolute Gasteiger partial charge is 0.457 e. The van der Waals surface area contributed by atoms with Crippen molar-refractivity contribution >= 4 is 72.2 Å². The first kappa shape index (κ1) is 68.9. The van der Waals surface area contributed by atoms with Gasteiger partial charge in [-0.25, -0.2) is 51.0 Å². The molecule has 3 atom stereocenters. The molecule has 9 rings (SSSR count). The van der Waals surface area contributed by atoms with E-state index in [0.29, 0.717) is 59.7 Å². The highest BCUT2D eigenvalue weighted by Gasteiger charge is 2.51. The number of carbonyl (C=O) groups excluding carboxylic acids is 6. The molecule has 33 heteroatoms. The second kappa shape index (κ2) is 30.1. The molecule has 2 aromatic carbocycles. The number of nitrogens with two attached hydrogens (primary N) is 1. The van der Waals surface area contributed by atoms with E-state index in [9.17, 15) is 50.4 Å². The quantitative estimate of drug-likeness (QED) is 0.0237. The van der Waals surface area contributed by atoms with Crippen LogP contribution >= 0.6 is 0 Å². The normalized spacial score (nSPS) is 15.0. The van der Waals surface area contributed by atoms with E-state index < -0.39 is 86.0 Å². The van der Waals surface area contributed by atoms with Crippen LogP contribution in [-0.4, -0.2) is 167 Å². The van der Waals surface area contributed by atoms with Gasteiger partial charge in [-0.15, -0.1) is 5.10 Å². The number of para-hydroxylation sites is 1. The van der Waals surface area contributed by atoms with E-state index in [1.54, 1.807) is 64.2 Å². The van der Waals surface area contributed by atoms with E-state index in [0.717, 1.165) is 29.0 Å². The summed E-state index contributed by atoms with van der Waals surface area (Å²) in [5.41, 5.74) is 7.94. The number of cyclic esters (lactones) is 1. The number of unbranched alkanes of at least 4 members (excludes halogenated alkanes) is 1. The number of esters is 1. The number of hydrogen-bond acceptors (Lipinski definition) is 24. The number of nitrogens with one attached hydrogen (secondary N) is 4. The maximum absolute atomic E-state index is 14.4. The minimum absolute atomic E-state index is 0.0120. The van der Waals surface area contributed by atoms with Crippen molar-refractivity contribution in [3.8, 4) is 22.8 Å². The number of pyridine rings is 2. The van der Waals surface area contributed by atoms with Gasteiger partial charge in [0.25, 0.3) is 11.5 Å². The summed E-state index contributed by atoms with van der Waals surface area (Å²) in [4.78, 5) is 110. The number of amides is 4. The van der Waals surface area contributed by atoms with Crippen molar-refractivity contribution < 1.29 is 73.7 Å². The molecule has 500 valence electrons. The van der Waals surface area contributed by atoms with E-state index in [1.807, 2.05) is 24.3 Å². The molecule has 1 unspecified atom stereocenters. The van der Waals surface area contributed by atoms with Gasteiger partial charge < -0.3 is 59.7 Å². The highest BCUT2D eigenvalue weighted by molar-refractivity contribution is 7.90. The summed E-state index contributed by atoms with van der Waals surface area (Å²) in [5, 5.41) is 19.3. The molecular formula is C61H72N14O17S2. The predicted molar refractivity (Wildman–Crippen MR) is 335 cm³/mol. The Labute approximate surface area is 539 Å². The Balaban J connectivity index is 0.706. The molecule has 0 aliphatic carbocycles. The number of oxazole rings is 1. The number of fused-ring (bicyclic) bond motifs is 5. The van der Waals surface area contributed by atoms with E-state index in [2.05, 4.69) is 46.5 Å². The number of benzene rings is 2. The largest absolute Gasteiger partial charge is 0.510 e. The van der Waals surface area contributed by atoms with Crippen LogP contribution in [0.3, 0.4) is 0 Å². The first-order valence-corrected chi connectivity index (χ1v) is 33.8. The number of nitrogens with zero attached hydrogens (tertiary/aromatic N) is 9. The van der Waals surface area contributed by atoms with Crippen LogP contribution in [0.5, 0.6) is 0 Å². The van der Waals surface area contributed by atoms with E-state index in [4.69, 9.17) is 38.8 Å². The molecule has 7 aromatic rings. The van der Waals surface area contributed by atoms with Crippen molar-refractivity contribution in [2.45, 2.75) is 122 Å². The van der Waals surface area contributed by atoms with Crippen LogP contribution < -0.4 is 32.6 Å². The van der Waals surface area contributed by atoms with Crippen molar-refractivity contribution in [3.05, 3.63) is 129 Å². The molecule has 0 bridgehead atoms. The van der Waals surface area contributed by atoms with Gasteiger partial charge in [0, 0.05) is 60.0 Å². The Kier molecular flexibility index (Phi) is 22.1. The van der Waals surface area contributed by atoms with Crippen LogP contribution in [0.15, 0.2) is 93.8 Å². The maximum Gasteiger partial charge on any atom is 0.510 e. The number of rotatable bonds is 31. The lowest BCUT2D eigenvalue weighted by Crippen LogP contribution is -2.47. The van der Waals surface area contributed by atoms with Crippen LogP contribution in [0.4, 0.5) is 10.5 Å². The first-order valence-electron chi connectivity index (χ1n) is 30.0. The Morgan fingerprint density at radius 3 is 2.37 bits per heavy atom. The zero-order valence-corrected chi connectivity index (χ0v) is 54.0. The van der Waals surface area contributed by atoms with Crippen molar-refractivity contribution in [2.75, 3.05) is 57.3 Å². The average molecular weight is 1340 g/mol. The molecule has 5 aromatic heterocycles. The molecule has 0 radical (unpaired) electrons. The Morgan fingerprint density at radius 2 is 1.66 bits per heavy atom. The number of sulfonamides is 1. The van der Waals surface area contributed by atoms with Crippen LogP contribution in [0, 0.1) is 0 Å². The molecule has 2 aliphatic rings. The molecule has 94 heavy (non-hydrogen) atoms. The van der Waals surface area contributed by atoms with Gasteiger partial charge in [-0.05, 0) is 94.8 Å². The van der Waals surface area contributed by atoms with Gasteiger partial charge in [0.05, 0.1) is 72.8 Å². The fourth-order valence-electron chi connectivity index (χ4n) is 10.8. The fourth-order valence-corrected chi connectivity index (χ4v) is 12.4. The Bertz CT molecular complexity index is 4260. The van der Waals surface area contributed by atoms with Gasteiger partial charge in [0.2, 0.25) is 54.2 Å². The Morgan fingerprint density at radius 1 is 0.915 bits per heavy atom. The Hall–Kier alpha value is -9.41. The third-order valence-electron chi connectivity index (χ3n) is 15.4. The second-order valence-corrected chi connectivity index (χ2v) is 26.5. The highest BCUT2D eigenvalue weighted by atomic mass is 32.2. The molecule has 0 saturated heterocycles. The number of carbonyl (C=O) groups is 6. The molecule has 6 N–H and O–H groups in total. The summed E-state index contributed by atoms with van der Waals surface area (Å²) >= 11 is 0. The number of hydrogen-bond donors (Lipinski definition) is 5. The second-order valence-electron chi connectivity index (χ2n) is 22.7. The van der Waals surface area contributed by atoms with Gasteiger partial charge in [-0.2, -0.15) is 4.31 Å². The summed E-state index contributed by atoms with van der Waals surface area (Å²) < 4.78 is 86.7. The standard InChI is InChI=1S/C61H72N14O17S2/c1-7-61(46-24-50-53-44(30-74(50)57(80)45(46)32-90-58(61)81)42(43-12-8-9-13-47(43)69-53)19-22-75(36(2)3)94(6,85)86)92-60(82)91-31-38-15-17-40(18-16-38)67-55(79)48(14-10-11-20-62)68-52(77)35-87-34-51(76)63-21-23-88-37(4)28-73-29-41(71-72-73)27-64-54(78)49-33-89-56(70-49)39-25-65-59(66-26-39)93(5,83)84/h8-9,12-13,15-18,24-26,29,33,36-37,48H,7,10-11,14,19-23,27-28,30-32,34-35,62H2,1-6H3,(H,63,76)(H,64,78)(H,67,79)(H,68,77)/t37?,48-,61-/m0/s1. The minimum atomic E-state index is -3.60. The molecule has 4 amide bonds. The molecule has 2 aliphatic heterocycles. The van der Waals surface area contributed by atoms with Gasteiger partial charge >= 0.3 is 12.1 Å². The van der Waals surface area contributed by atoms with E-state index in [-0.39, 0.29) is 111 Å². The minimum Gasteiger partial charge on any atom is -0.457 e. The van der Waals surface area contributed by atoms with Gasteiger partial charge in [-0.1, -0.05) is 42.5 Å². The molecule has 31 nitrogen and oxygen atoms in total. The van der Waals surface area contributed by atoms with E-state index >= 15 is 0 Å². The highest BCUT2D eigenvalue weighted by Crippen LogP contribution is 2.42. The van der Waals surface area contributed by atoms with Crippen LogP contribution in [0.2, 0.25) is 0 Å². The van der Waals surface area contributed by atoms with Crippen LogP contribution in [-0.2, 0) is 108 Å². The van der Waals surface area contributed by atoms with Gasteiger partial charge in [0.1, 0.15) is 44.4 Å². The number of aromatic nitrogens is 8. The number of ether oxygens (including phenoxy) is 5. The lowest BCUT2D eigenvalue weighted by atomic mass is 9.85. The molecule has 0 fully saturated rings. The van der Waals surface area contributed by atoms with Gasteiger partial charge in [0.15, 0.2) is 5.69 Å². The third-order valence-corrected chi connectivity index (χ3v) is 17.7. The first-order chi connectivity index (χ1) is 44.8. The van der Waals surface area contributed by atoms with Crippen molar-refractivity contribution in [1.82, 2.24) is 59.8 Å². The number of sulfone groups is 1. The average Bonchev–Trinajstić information content (AvgIpc) is 1.47. The zero-order valence-electron chi connectivity index (χ0n) is 52.4. The predicted octanol–water partition coefficient (Wildman–Crippen LogP) is 2.81. The fraction of sp³-hybridized carbons (Fsp3) is 0.426. The van der Waals surface area contributed by atoms with Crippen LogP contribution in [0.1, 0.15) is 97.4 Å². The van der Waals surface area contributed by atoms with Crippen LogP contribution in [0.25, 0.3) is 33.7 Å². The summed E-state index contributed by atoms with van der Waals surface area (Å²) in [6.07, 6.45) is 7.27. The lowest BCUT2D eigenvalue weighted by Gasteiger charge is -2.35. The summed E-state index contributed by atoms with van der Waals surface area (Å²) in [6, 6.07) is 14.0. The molecule has 0 spiro atoms. The van der Waals surface area contributed by atoms with E-state index in [1.165, 1.54) is 32.2 Å². The SMILES string of the molecule is CC[C@@]1(OC(=O)OCc2ccc(NC(=O)[C@H](CCCCN)NC(=O)COCC(=O)NCCOC(C)Cn3cc(CNC(=O)c4coc(-c5cnc(S(C)(=O)=O)nc5)n4)nn3)cc2)C(=O)OCc2c1cc1n(c2=O)Cc2c-1nc1ccccc1c2CCN(C(C)C)S(C)(=O)=O.